The summed E-state index contributed by atoms with van der Waals surface area (Å²) in [6.07, 6.45) is 12.1. The quantitative estimate of drug-likeness (QED) is 0.184. The van der Waals surface area contributed by atoms with Gasteiger partial charge in [-0.05, 0) is 49.3 Å². The summed E-state index contributed by atoms with van der Waals surface area (Å²) in [7, 11) is 1.55. The van der Waals surface area contributed by atoms with Crippen LogP contribution >= 0.6 is 11.3 Å². The molecule has 2 aliphatic rings. The third-order valence-corrected chi connectivity index (χ3v) is 8.30. The highest BCUT2D eigenvalue weighted by Gasteiger charge is 2.24. The fourth-order valence-corrected chi connectivity index (χ4v) is 5.88. The number of aromatic nitrogens is 3. The van der Waals surface area contributed by atoms with Crippen molar-refractivity contribution >= 4 is 45.2 Å². The molecule has 2 aromatic heterocycles. The van der Waals surface area contributed by atoms with E-state index in [2.05, 4.69) is 26.8 Å². The van der Waals surface area contributed by atoms with Gasteiger partial charge in [-0.2, -0.15) is 0 Å². The molecule has 1 saturated heterocycles. The fraction of sp³-hybridized carbons (Fsp3) is 0.235. The summed E-state index contributed by atoms with van der Waals surface area (Å²) in [5, 5.41) is 5.74. The number of piperidine rings is 1. The molecule has 46 heavy (non-hydrogen) atoms. The molecule has 12 heteroatoms. The zero-order chi connectivity index (χ0) is 32.0. The number of benzene rings is 2. The number of amides is 1. The largest absolute Gasteiger partial charge is 0.493 e. The van der Waals surface area contributed by atoms with Gasteiger partial charge in [-0.15, -0.1) is 0 Å². The van der Waals surface area contributed by atoms with Crippen molar-refractivity contribution in [2.24, 2.45) is 0 Å². The Bertz CT molecular complexity index is 1860. The molecule has 1 aliphatic heterocycles. The number of hydrogen-bond acceptors (Lipinski definition) is 9. The maximum atomic E-state index is 15.3. The van der Waals surface area contributed by atoms with Gasteiger partial charge in [-0.25, -0.2) is 23.7 Å². The molecule has 9 nitrogen and oxygen atoms in total. The van der Waals surface area contributed by atoms with Crippen LogP contribution in [-0.2, 0) is 4.79 Å². The molecular weight excluding hydrogens is 612 g/mol. The third kappa shape index (κ3) is 7.07. The molecule has 0 saturated carbocycles. The molecule has 0 bridgehead atoms. The van der Waals surface area contributed by atoms with Crippen LogP contribution in [0.15, 0.2) is 84.8 Å². The van der Waals surface area contributed by atoms with E-state index >= 15 is 4.39 Å². The van der Waals surface area contributed by atoms with Crippen molar-refractivity contribution in [3.05, 3.63) is 96.3 Å². The lowest BCUT2D eigenvalue weighted by molar-refractivity contribution is -0.127. The number of anilines is 2. The molecule has 4 aromatic rings. The number of likely N-dealkylation sites (tertiary alicyclic amines) is 1. The molecule has 0 unspecified atom stereocenters. The first-order valence-corrected chi connectivity index (χ1v) is 15.6. The molecule has 0 spiro atoms. The van der Waals surface area contributed by atoms with Crippen LogP contribution < -0.4 is 19.5 Å². The van der Waals surface area contributed by atoms with Gasteiger partial charge >= 0.3 is 0 Å². The topological polar surface area (TPSA) is 98.7 Å². The number of nitrogens with zero attached hydrogens (tertiary/aromatic N) is 4. The van der Waals surface area contributed by atoms with Gasteiger partial charge < -0.3 is 24.4 Å². The van der Waals surface area contributed by atoms with Crippen molar-refractivity contribution in [1.82, 2.24) is 19.9 Å². The predicted octanol–water partition coefficient (Wildman–Crippen LogP) is 7.91. The van der Waals surface area contributed by atoms with Crippen LogP contribution in [0.4, 0.5) is 20.3 Å². The van der Waals surface area contributed by atoms with E-state index in [1.165, 1.54) is 35.9 Å². The lowest BCUT2D eigenvalue weighted by Gasteiger charge is -2.31. The first kappa shape index (κ1) is 30.9. The van der Waals surface area contributed by atoms with Crippen LogP contribution in [0.25, 0.3) is 16.5 Å². The Labute approximate surface area is 268 Å². The van der Waals surface area contributed by atoms with Gasteiger partial charge in [0.1, 0.15) is 35.6 Å². The maximum absolute atomic E-state index is 15.3. The number of halogens is 2. The fourth-order valence-electron chi connectivity index (χ4n) is 5.19. The SMILES string of the molecule is C=CC(=O)N1CCC(Oc2cc3c(Nc4ccc(Oc5nc(C6=C/C(F)=C\CC/C=C\6)cs5)cc4F)ncnc3cc2OC)CC1. The summed E-state index contributed by atoms with van der Waals surface area (Å²) in [4.78, 5) is 26.9. The Morgan fingerprint density at radius 3 is 2.76 bits per heavy atom. The standard InChI is InChI=1S/C34H31F2N5O4S/c1-3-32(42)41-13-11-23(12-14-41)44-31-17-25-28(18-30(31)43-2)37-20-38-33(25)39-27-10-9-24(16-26(27)36)45-34-40-29(19-46-34)21-7-5-4-6-8-22(35)15-21/h3,5,7-10,15-20,23H,1,4,6,11-14H2,2H3,(H,37,38,39)/b7-5-,21-15+,22-8+. The predicted molar refractivity (Wildman–Crippen MR) is 174 cm³/mol. The number of ether oxygens (including phenoxy) is 3. The minimum atomic E-state index is -0.565. The van der Waals surface area contributed by atoms with E-state index in [1.54, 1.807) is 47.7 Å². The van der Waals surface area contributed by atoms with E-state index < -0.39 is 5.82 Å². The van der Waals surface area contributed by atoms with E-state index in [4.69, 9.17) is 14.2 Å². The van der Waals surface area contributed by atoms with Gasteiger partial charge in [0.2, 0.25) is 5.91 Å². The number of methoxy groups -OCH3 is 1. The number of rotatable bonds is 9. The maximum Gasteiger partial charge on any atom is 0.279 e. The molecule has 1 N–H and O–H groups in total. The van der Waals surface area contributed by atoms with E-state index in [1.807, 2.05) is 12.2 Å². The molecule has 1 fully saturated rings. The zero-order valence-corrected chi connectivity index (χ0v) is 25.9. The van der Waals surface area contributed by atoms with Crippen LogP contribution in [0, 0.1) is 5.82 Å². The monoisotopic (exact) mass is 643 g/mol. The van der Waals surface area contributed by atoms with Crippen molar-refractivity contribution < 1.29 is 27.8 Å². The molecule has 2 aromatic carbocycles. The molecule has 0 radical (unpaired) electrons. The van der Waals surface area contributed by atoms with E-state index in [-0.39, 0.29) is 29.3 Å². The van der Waals surface area contributed by atoms with Crippen molar-refractivity contribution in [1.29, 1.82) is 0 Å². The van der Waals surface area contributed by atoms with Crippen LogP contribution in [0.5, 0.6) is 22.4 Å². The Morgan fingerprint density at radius 2 is 1.98 bits per heavy atom. The molecule has 1 amide bonds. The normalized spacial score (nSPS) is 18.4. The number of carbonyl (C=O) groups excluding carboxylic acids is 1. The highest BCUT2D eigenvalue weighted by molar-refractivity contribution is 7.11. The summed E-state index contributed by atoms with van der Waals surface area (Å²) in [6, 6.07) is 7.94. The molecule has 0 atom stereocenters. The summed E-state index contributed by atoms with van der Waals surface area (Å²) in [5.41, 5.74) is 1.97. The van der Waals surface area contributed by atoms with Gasteiger partial charge in [-0.3, -0.25) is 4.79 Å². The van der Waals surface area contributed by atoms with Gasteiger partial charge in [0.05, 0.1) is 24.0 Å². The highest BCUT2D eigenvalue weighted by Crippen LogP contribution is 2.37. The second-order valence-corrected chi connectivity index (χ2v) is 11.4. The number of allylic oxidation sites excluding steroid dienone is 6. The Balaban J connectivity index is 1.18. The average Bonchev–Trinajstić information content (AvgIpc) is 3.52. The van der Waals surface area contributed by atoms with Gasteiger partial charge in [0.25, 0.3) is 5.19 Å². The molecule has 6 rings (SSSR count). The molecule has 236 valence electrons. The first-order valence-electron chi connectivity index (χ1n) is 14.7. The minimum absolute atomic E-state index is 0.0923. The van der Waals surface area contributed by atoms with E-state index in [0.717, 1.165) is 6.42 Å². The number of fused-ring (bicyclic) bond motifs is 1. The lowest BCUT2D eigenvalue weighted by Crippen LogP contribution is -2.41. The number of thiazole rings is 1. The van der Waals surface area contributed by atoms with Crippen molar-refractivity contribution in [2.45, 2.75) is 31.8 Å². The Hall–Kier alpha value is -5.10. The van der Waals surface area contributed by atoms with Crippen molar-refractivity contribution in [3.63, 3.8) is 0 Å². The number of hydrogen-bond donors (Lipinski definition) is 1. The second-order valence-electron chi connectivity index (χ2n) is 10.6. The summed E-state index contributed by atoms with van der Waals surface area (Å²) < 4.78 is 47.1. The van der Waals surface area contributed by atoms with E-state index in [9.17, 15) is 9.18 Å². The lowest BCUT2D eigenvalue weighted by atomic mass is 10.1. The Kier molecular flexibility index (Phi) is 9.34. The highest BCUT2D eigenvalue weighted by atomic mass is 32.1. The molecule has 1 aliphatic carbocycles. The molecule has 3 heterocycles. The van der Waals surface area contributed by atoms with Gasteiger partial charge in [-0.1, -0.05) is 30.1 Å². The summed E-state index contributed by atoms with van der Waals surface area (Å²) >= 11 is 1.24. The van der Waals surface area contributed by atoms with Crippen LogP contribution in [0.2, 0.25) is 0 Å². The number of nitrogens with one attached hydrogen (secondary N) is 1. The van der Waals surface area contributed by atoms with Crippen LogP contribution in [0.3, 0.4) is 0 Å². The van der Waals surface area contributed by atoms with Gasteiger partial charge in [0.15, 0.2) is 11.5 Å². The second kappa shape index (κ2) is 13.9. The Morgan fingerprint density at radius 1 is 1.13 bits per heavy atom. The zero-order valence-electron chi connectivity index (χ0n) is 25.0. The first-order chi connectivity index (χ1) is 22.4. The summed E-state index contributed by atoms with van der Waals surface area (Å²) in [5.74, 6) is 0.670. The third-order valence-electron chi connectivity index (χ3n) is 7.58. The number of carbonyl (C=O) groups is 1. The average molecular weight is 644 g/mol. The minimum Gasteiger partial charge on any atom is -0.493 e. The van der Waals surface area contributed by atoms with Crippen LogP contribution in [0.1, 0.15) is 31.4 Å². The summed E-state index contributed by atoms with van der Waals surface area (Å²) in [6.45, 7) is 4.69. The van der Waals surface area contributed by atoms with Gasteiger partial charge in [0, 0.05) is 54.4 Å². The van der Waals surface area contributed by atoms with E-state index in [0.29, 0.717) is 77.0 Å². The van der Waals surface area contributed by atoms with Crippen molar-refractivity contribution in [2.75, 3.05) is 25.5 Å². The van der Waals surface area contributed by atoms with Crippen LogP contribution in [-0.4, -0.2) is 52.1 Å². The smallest absolute Gasteiger partial charge is 0.279 e. The molecular formula is C34H31F2N5O4S. The van der Waals surface area contributed by atoms with Crippen molar-refractivity contribution in [3.8, 4) is 22.4 Å².